The second kappa shape index (κ2) is 6.23. The van der Waals surface area contributed by atoms with Gasteiger partial charge in [0.15, 0.2) is 0 Å². The third-order valence-corrected chi connectivity index (χ3v) is 1.92. The van der Waals surface area contributed by atoms with E-state index in [9.17, 15) is 9.59 Å². The van der Waals surface area contributed by atoms with Crippen molar-refractivity contribution in [2.75, 3.05) is 19.8 Å². The van der Waals surface area contributed by atoms with Crippen molar-refractivity contribution in [2.45, 2.75) is 26.0 Å². The molecule has 0 radical (unpaired) electrons. The third kappa shape index (κ3) is 4.64. The van der Waals surface area contributed by atoms with Gasteiger partial charge < -0.3 is 20.1 Å². The van der Waals surface area contributed by atoms with Gasteiger partial charge in [0, 0.05) is 6.61 Å². The maximum absolute atomic E-state index is 11.2. The van der Waals surface area contributed by atoms with Crippen LogP contribution in [-0.4, -0.2) is 38.0 Å². The van der Waals surface area contributed by atoms with E-state index in [1.807, 2.05) is 0 Å². The van der Waals surface area contributed by atoms with Crippen molar-refractivity contribution in [1.29, 1.82) is 0 Å². The highest BCUT2D eigenvalue weighted by molar-refractivity contribution is 5.80. The minimum Gasteiger partial charge on any atom is -0.465 e. The zero-order valence-electron chi connectivity index (χ0n) is 8.75. The fraction of sp³-hybridized carbons (Fsp3) is 0.778. The summed E-state index contributed by atoms with van der Waals surface area (Å²) in [5.74, 6) is -0.444. The van der Waals surface area contributed by atoms with Crippen molar-refractivity contribution in [3.05, 3.63) is 0 Å². The van der Waals surface area contributed by atoms with Crippen molar-refractivity contribution in [2.24, 2.45) is 0 Å². The first-order chi connectivity index (χ1) is 7.22. The van der Waals surface area contributed by atoms with Gasteiger partial charge in [-0.2, -0.15) is 0 Å². The average Bonchev–Trinajstić information content (AvgIpc) is 2.68. The van der Waals surface area contributed by atoms with E-state index in [-0.39, 0.29) is 12.8 Å². The first-order valence-electron chi connectivity index (χ1n) is 5.04. The molecule has 0 aromatic rings. The Morgan fingerprint density at radius 2 is 2.33 bits per heavy atom. The normalized spacial score (nSPS) is 19.7. The SMILES string of the molecule is CCOC(=O)CNC(=O)NC1CCCO1. The van der Waals surface area contributed by atoms with E-state index >= 15 is 0 Å². The number of carbonyl (C=O) groups excluding carboxylic acids is 2. The lowest BCUT2D eigenvalue weighted by molar-refractivity contribution is -0.141. The Labute approximate surface area is 88.3 Å². The van der Waals surface area contributed by atoms with E-state index in [4.69, 9.17) is 4.74 Å². The maximum atomic E-state index is 11.2. The Morgan fingerprint density at radius 1 is 1.53 bits per heavy atom. The number of carbonyl (C=O) groups is 2. The molecule has 6 nitrogen and oxygen atoms in total. The van der Waals surface area contributed by atoms with Gasteiger partial charge in [0.05, 0.1) is 6.61 Å². The van der Waals surface area contributed by atoms with Crippen LogP contribution in [0.1, 0.15) is 19.8 Å². The second-order valence-electron chi connectivity index (χ2n) is 3.13. The number of ether oxygens (including phenoxy) is 2. The summed E-state index contributed by atoms with van der Waals surface area (Å²) in [7, 11) is 0. The molecule has 15 heavy (non-hydrogen) atoms. The van der Waals surface area contributed by atoms with Gasteiger partial charge in [0.1, 0.15) is 12.8 Å². The maximum Gasteiger partial charge on any atom is 0.325 e. The molecule has 1 rings (SSSR count). The molecule has 0 aliphatic carbocycles. The van der Waals surface area contributed by atoms with Gasteiger partial charge in [-0.1, -0.05) is 0 Å². The van der Waals surface area contributed by atoms with Gasteiger partial charge >= 0.3 is 12.0 Å². The van der Waals surface area contributed by atoms with E-state index in [1.165, 1.54) is 0 Å². The molecule has 6 heteroatoms. The van der Waals surface area contributed by atoms with Gasteiger partial charge in [-0.05, 0) is 19.8 Å². The number of hydrogen-bond acceptors (Lipinski definition) is 4. The van der Waals surface area contributed by atoms with Crippen LogP contribution in [0.15, 0.2) is 0 Å². The number of rotatable bonds is 4. The summed E-state index contributed by atoms with van der Waals surface area (Å²) in [6.45, 7) is 2.58. The molecule has 1 fully saturated rings. The molecular formula is C9H16N2O4. The molecule has 1 saturated heterocycles. The van der Waals surface area contributed by atoms with E-state index < -0.39 is 12.0 Å². The number of esters is 1. The van der Waals surface area contributed by atoms with E-state index in [2.05, 4.69) is 15.4 Å². The lowest BCUT2D eigenvalue weighted by Gasteiger charge is -2.12. The van der Waals surface area contributed by atoms with Crippen LogP contribution in [0.5, 0.6) is 0 Å². The summed E-state index contributed by atoms with van der Waals surface area (Å²) in [5.41, 5.74) is 0. The van der Waals surface area contributed by atoms with E-state index in [1.54, 1.807) is 6.92 Å². The predicted molar refractivity (Wildman–Crippen MR) is 52.1 cm³/mol. The molecule has 0 aromatic carbocycles. The van der Waals surface area contributed by atoms with Gasteiger partial charge in [0.2, 0.25) is 0 Å². The van der Waals surface area contributed by atoms with Gasteiger partial charge in [-0.25, -0.2) is 4.79 Å². The molecule has 1 atom stereocenters. The summed E-state index contributed by atoms with van der Waals surface area (Å²) in [4.78, 5) is 22.1. The first-order valence-corrected chi connectivity index (χ1v) is 5.04. The number of amides is 2. The number of urea groups is 1. The fourth-order valence-corrected chi connectivity index (χ4v) is 1.25. The van der Waals surface area contributed by atoms with Gasteiger partial charge in [-0.15, -0.1) is 0 Å². The third-order valence-electron chi connectivity index (χ3n) is 1.92. The summed E-state index contributed by atoms with van der Waals surface area (Å²) >= 11 is 0. The Hall–Kier alpha value is -1.30. The summed E-state index contributed by atoms with van der Waals surface area (Å²) < 4.78 is 9.84. The summed E-state index contributed by atoms with van der Waals surface area (Å²) in [6.07, 6.45) is 1.53. The monoisotopic (exact) mass is 216 g/mol. The van der Waals surface area contributed by atoms with Gasteiger partial charge in [-0.3, -0.25) is 4.79 Å². The lowest BCUT2D eigenvalue weighted by Crippen LogP contribution is -2.43. The van der Waals surface area contributed by atoms with Crippen LogP contribution in [0.2, 0.25) is 0 Å². The highest BCUT2D eigenvalue weighted by atomic mass is 16.5. The molecule has 0 aromatic heterocycles. The quantitative estimate of drug-likeness (QED) is 0.648. The van der Waals surface area contributed by atoms with Crippen LogP contribution < -0.4 is 10.6 Å². The molecule has 2 N–H and O–H groups in total. The molecule has 1 heterocycles. The van der Waals surface area contributed by atoms with Crippen molar-refractivity contribution in [3.63, 3.8) is 0 Å². The predicted octanol–water partition coefficient (Wildman–Crippen LogP) is -0.0148. The van der Waals surface area contributed by atoms with Crippen molar-refractivity contribution in [1.82, 2.24) is 10.6 Å². The Kier molecular flexibility index (Phi) is 4.89. The molecule has 0 spiro atoms. The summed E-state index contributed by atoms with van der Waals surface area (Å²) in [5, 5.41) is 4.99. The van der Waals surface area contributed by atoms with Crippen molar-refractivity contribution >= 4 is 12.0 Å². The number of nitrogens with one attached hydrogen (secondary N) is 2. The Morgan fingerprint density at radius 3 is 2.93 bits per heavy atom. The van der Waals surface area contributed by atoms with Crippen molar-refractivity contribution < 1.29 is 19.1 Å². The molecule has 1 aliphatic rings. The molecule has 1 aliphatic heterocycles. The first kappa shape index (κ1) is 11.8. The average molecular weight is 216 g/mol. The van der Waals surface area contributed by atoms with Crippen LogP contribution in [0.25, 0.3) is 0 Å². The minimum atomic E-state index is -0.444. The highest BCUT2D eigenvalue weighted by Gasteiger charge is 2.17. The van der Waals surface area contributed by atoms with Crippen LogP contribution in [0.3, 0.4) is 0 Å². The largest absolute Gasteiger partial charge is 0.465 e. The second-order valence-corrected chi connectivity index (χ2v) is 3.13. The molecule has 86 valence electrons. The van der Waals surface area contributed by atoms with Crippen LogP contribution in [-0.2, 0) is 14.3 Å². The van der Waals surface area contributed by atoms with Crippen LogP contribution in [0.4, 0.5) is 4.79 Å². The molecule has 0 bridgehead atoms. The Bertz CT molecular complexity index is 226. The van der Waals surface area contributed by atoms with E-state index in [0.717, 1.165) is 12.8 Å². The van der Waals surface area contributed by atoms with Crippen LogP contribution >= 0.6 is 0 Å². The smallest absolute Gasteiger partial charge is 0.325 e. The zero-order valence-corrected chi connectivity index (χ0v) is 8.75. The summed E-state index contributed by atoms with van der Waals surface area (Å²) in [6, 6.07) is -0.407. The van der Waals surface area contributed by atoms with Crippen LogP contribution in [0, 0.1) is 0 Å². The highest BCUT2D eigenvalue weighted by Crippen LogP contribution is 2.08. The molecule has 1 unspecified atom stereocenters. The lowest BCUT2D eigenvalue weighted by atomic mass is 10.3. The minimum absolute atomic E-state index is 0.119. The van der Waals surface area contributed by atoms with Crippen molar-refractivity contribution in [3.8, 4) is 0 Å². The molecule has 2 amide bonds. The topological polar surface area (TPSA) is 76.7 Å². The standard InChI is InChI=1S/C9H16N2O4/c1-2-14-8(12)6-10-9(13)11-7-4-3-5-15-7/h7H,2-6H2,1H3,(H2,10,11,13). The zero-order chi connectivity index (χ0) is 11.1. The Balaban J connectivity index is 2.10. The fourth-order valence-electron chi connectivity index (χ4n) is 1.25. The van der Waals surface area contributed by atoms with Gasteiger partial charge in [0.25, 0.3) is 0 Å². The molecule has 0 saturated carbocycles. The number of hydrogen-bond donors (Lipinski definition) is 2. The van der Waals surface area contributed by atoms with E-state index in [0.29, 0.717) is 13.2 Å². The molecular weight excluding hydrogens is 200 g/mol.